The van der Waals surface area contributed by atoms with Crippen LogP contribution in [0.2, 0.25) is 0 Å². The van der Waals surface area contributed by atoms with E-state index in [0.717, 1.165) is 38.0 Å². The fourth-order valence-electron chi connectivity index (χ4n) is 3.57. The molecule has 0 bridgehead atoms. The van der Waals surface area contributed by atoms with Crippen LogP contribution in [0.15, 0.2) is 12.1 Å². The van der Waals surface area contributed by atoms with Crippen molar-refractivity contribution < 1.29 is 19.4 Å². The van der Waals surface area contributed by atoms with Gasteiger partial charge in [-0.2, -0.15) is 0 Å². The van der Waals surface area contributed by atoms with E-state index < -0.39 is 12.3 Å². The molecule has 0 aromatic heterocycles. The molecule has 1 fully saturated rings. The van der Waals surface area contributed by atoms with Gasteiger partial charge in [-0.15, -0.1) is 0 Å². The summed E-state index contributed by atoms with van der Waals surface area (Å²) in [6.45, 7) is 7.20. The number of aromatic carboxylic acids is 1. The van der Waals surface area contributed by atoms with Gasteiger partial charge in [0.1, 0.15) is 5.56 Å². The number of carboxylic acids is 1. The molecule has 0 radical (unpaired) electrons. The van der Waals surface area contributed by atoms with Crippen molar-refractivity contribution in [2.45, 2.75) is 51.7 Å². The minimum Gasteiger partial charge on any atom is -0.478 e. The first kappa shape index (κ1) is 16.1. The van der Waals surface area contributed by atoms with Crippen LogP contribution in [-0.4, -0.2) is 41.9 Å². The zero-order valence-corrected chi connectivity index (χ0v) is 13.9. The van der Waals surface area contributed by atoms with Crippen molar-refractivity contribution >= 4 is 5.97 Å². The molecule has 3 rings (SSSR count). The maximum atomic E-state index is 11.8. The number of ether oxygens (including phenoxy) is 2. The topological polar surface area (TPSA) is 59.0 Å². The molecule has 2 aliphatic rings. The zero-order chi connectivity index (χ0) is 16.4. The molecular weight excluding hydrogens is 294 g/mol. The third-order valence-corrected chi connectivity index (χ3v) is 4.80. The molecular formula is C18H25NO4. The Bertz CT molecular complexity index is 579. The van der Waals surface area contributed by atoms with Crippen molar-refractivity contribution in [3.8, 4) is 11.5 Å². The van der Waals surface area contributed by atoms with Crippen LogP contribution in [0.1, 0.15) is 61.4 Å². The summed E-state index contributed by atoms with van der Waals surface area (Å²) in [5.41, 5.74) is 1.18. The number of fused-ring (bicyclic) bond motifs is 1. The van der Waals surface area contributed by atoms with E-state index in [2.05, 4.69) is 11.8 Å². The molecule has 1 N–H and O–H groups in total. The van der Waals surface area contributed by atoms with Gasteiger partial charge in [-0.25, -0.2) is 4.79 Å². The highest BCUT2D eigenvalue weighted by Gasteiger charge is 2.32. The van der Waals surface area contributed by atoms with E-state index in [9.17, 15) is 9.90 Å². The van der Waals surface area contributed by atoms with Crippen LogP contribution in [0.25, 0.3) is 0 Å². The minimum atomic E-state index is -0.928. The number of benzene rings is 1. The summed E-state index contributed by atoms with van der Waals surface area (Å²) < 4.78 is 11.1. The lowest BCUT2D eigenvalue weighted by Gasteiger charge is -2.32. The molecule has 2 aliphatic heterocycles. The Morgan fingerprint density at radius 2 is 2.04 bits per heavy atom. The number of likely N-dealkylation sites (tertiary alicyclic amines) is 1. The lowest BCUT2D eigenvalue weighted by molar-refractivity contribution is 0.0625. The van der Waals surface area contributed by atoms with E-state index in [1.165, 1.54) is 12.8 Å². The summed E-state index contributed by atoms with van der Waals surface area (Å²) in [6.07, 6.45) is 4.02. The molecule has 1 aromatic rings. The molecule has 2 heterocycles. The predicted molar refractivity (Wildman–Crippen MR) is 87.4 cm³/mol. The van der Waals surface area contributed by atoms with Crippen LogP contribution >= 0.6 is 0 Å². The van der Waals surface area contributed by atoms with Gasteiger partial charge in [0.15, 0.2) is 11.5 Å². The average molecular weight is 319 g/mol. The Labute approximate surface area is 137 Å². The molecule has 1 atom stereocenters. The molecule has 0 aliphatic carbocycles. The normalized spacial score (nSPS) is 21.6. The van der Waals surface area contributed by atoms with Crippen molar-refractivity contribution in [3.05, 3.63) is 23.3 Å². The van der Waals surface area contributed by atoms with Crippen LogP contribution in [0.5, 0.6) is 11.5 Å². The Morgan fingerprint density at radius 1 is 1.30 bits per heavy atom. The molecule has 0 saturated carbocycles. The second-order valence-electron chi connectivity index (χ2n) is 6.44. The number of rotatable bonds is 5. The summed E-state index contributed by atoms with van der Waals surface area (Å²) in [6, 6.07) is 3.76. The standard InChI is InChI=1S/C18H25NO4/c1-3-4-9-19-10-7-13(8-11-19)14-5-6-15-17(16(14)18(20)21)23-12(2)22-15/h5-6,12-13H,3-4,7-11H2,1-2H3,(H,20,21). The number of carbonyl (C=O) groups is 1. The third kappa shape index (κ3) is 3.29. The van der Waals surface area contributed by atoms with Crippen LogP contribution in [0.4, 0.5) is 0 Å². The lowest BCUT2D eigenvalue weighted by Crippen LogP contribution is -2.34. The number of piperidine rings is 1. The van der Waals surface area contributed by atoms with Crippen LogP contribution in [0, 0.1) is 0 Å². The molecule has 0 amide bonds. The van der Waals surface area contributed by atoms with Crippen molar-refractivity contribution in [2.75, 3.05) is 19.6 Å². The Hall–Kier alpha value is -1.75. The predicted octanol–water partition coefficient (Wildman–Crippen LogP) is 3.48. The lowest BCUT2D eigenvalue weighted by atomic mass is 9.86. The van der Waals surface area contributed by atoms with Crippen molar-refractivity contribution in [1.82, 2.24) is 4.90 Å². The van der Waals surface area contributed by atoms with Crippen molar-refractivity contribution in [1.29, 1.82) is 0 Å². The fourth-order valence-corrected chi connectivity index (χ4v) is 3.57. The van der Waals surface area contributed by atoms with Crippen LogP contribution in [-0.2, 0) is 0 Å². The van der Waals surface area contributed by atoms with Gasteiger partial charge in [0.05, 0.1) is 0 Å². The largest absolute Gasteiger partial charge is 0.478 e. The number of nitrogens with zero attached hydrogens (tertiary/aromatic N) is 1. The zero-order valence-electron chi connectivity index (χ0n) is 13.9. The van der Waals surface area contributed by atoms with E-state index >= 15 is 0 Å². The van der Waals surface area contributed by atoms with Gasteiger partial charge in [-0.1, -0.05) is 19.4 Å². The van der Waals surface area contributed by atoms with Gasteiger partial charge >= 0.3 is 5.97 Å². The quantitative estimate of drug-likeness (QED) is 0.900. The van der Waals surface area contributed by atoms with Crippen LogP contribution < -0.4 is 9.47 Å². The van der Waals surface area contributed by atoms with Gasteiger partial charge in [0.25, 0.3) is 0 Å². The van der Waals surface area contributed by atoms with E-state index in [1.807, 2.05) is 12.1 Å². The van der Waals surface area contributed by atoms with E-state index in [4.69, 9.17) is 9.47 Å². The molecule has 5 nitrogen and oxygen atoms in total. The molecule has 126 valence electrons. The Morgan fingerprint density at radius 3 is 2.70 bits per heavy atom. The highest BCUT2D eigenvalue weighted by molar-refractivity contribution is 5.94. The molecule has 1 unspecified atom stereocenters. The molecule has 1 aromatic carbocycles. The summed E-state index contributed by atoms with van der Waals surface area (Å²) >= 11 is 0. The molecule has 0 spiro atoms. The summed E-state index contributed by atoms with van der Waals surface area (Å²) in [7, 11) is 0. The van der Waals surface area contributed by atoms with Crippen molar-refractivity contribution in [3.63, 3.8) is 0 Å². The minimum absolute atomic E-state index is 0.281. The van der Waals surface area contributed by atoms with Gasteiger partial charge in [0.2, 0.25) is 6.29 Å². The second-order valence-corrected chi connectivity index (χ2v) is 6.44. The molecule has 5 heteroatoms. The van der Waals surface area contributed by atoms with Crippen molar-refractivity contribution in [2.24, 2.45) is 0 Å². The highest BCUT2D eigenvalue weighted by atomic mass is 16.7. The molecule has 23 heavy (non-hydrogen) atoms. The smallest absolute Gasteiger partial charge is 0.339 e. The third-order valence-electron chi connectivity index (χ3n) is 4.80. The van der Waals surface area contributed by atoms with Gasteiger partial charge < -0.3 is 19.5 Å². The van der Waals surface area contributed by atoms with E-state index in [0.29, 0.717) is 17.1 Å². The van der Waals surface area contributed by atoms with Gasteiger partial charge in [-0.05, 0) is 56.4 Å². The number of hydrogen-bond donors (Lipinski definition) is 1. The highest BCUT2D eigenvalue weighted by Crippen LogP contribution is 2.43. The monoisotopic (exact) mass is 319 g/mol. The van der Waals surface area contributed by atoms with E-state index in [1.54, 1.807) is 6.92 Å². The first-order valence-electron chi connectivity index (χ1n) is 8.56. The second kappa shape index (κ2) is 6.79. The number of hydrogen-bond acceptors (Lipinski definition) is 4. The average Bonchev–Trinajstić information content (AvgIpc) is 2.92. The first-order valence-corrected chi connectivity index (χ1v) is 8.56. The first-order chi connectivity index (χ1) is 11.1. The van der Waals surface area contributed by atoms with E-state index in [-0.39, 0.29) is 5.92 Å². The maximum Gasteiger partial charge on any atom is 0.339 e. The summed E-state index contributed by atoms with van der Waals surface area (Å²) in [4.78, 5) is 14.3. The summed E-state index contributed by atoms with van der Waals surface area (Å²) in [5.74, 6) is 0.293. The maximum absolute atomic E-state index is 11.8. The fraction of sp³-hybridized carbons (Fsp3) is 0.611. The van der Waals surface area contributed by atoms with Gasteiger partial charge in [-0.3, -0.25) is 0 Å². The van der Waals surface area contributed by atoms with Crippen LogP contribution in [0.3, 0.4) is 0 Å². The number of carboxylic acid groups (broad SMARTS) is 1. The Balaban J connectivity index is 1.79. The Kier molecular flexibility index (Phi) is 4.76. The SMILES string of the molecule is CCCCN1CCC(c2ccc3c(c2C(=O)O)OC(C)O3)CC1. The molecule has 1 saturated heterocycles. The summed E-state index contributed by atoms with van der Waals surface area (Å²) in [5, 5.41) is 9.67. The number of unbranched alkanes of at least 4 members (excludes halogenated alkanes) is 1. The van der Waals surface area contributed by atoms with Gasteiger partial charge in [0, 0.05) is 6.92 Å².